The van der Waals surface area contributed by atoms with Crippen molar-refractivity contribution in [2.75, 3.05) is 14.1 Å². The molecular weight excluding hydrogens is 326 g/mol. The van der Waals surface area contributed by atoms with Crippen LogP contribution in [0.3, 0.4) is 0 Å². The van der Waals surface area contributed by atoms with Crippen molar-refractivity contribution in [1.29, 1.82) is 0 Å². The van der Waals surface area contributed by atoms with Crippen LogP contribution in [-0.4, -0.2) is 41.9 Å². The SMILES string of the molecule is CN(C)C(=O)C1CCC2C3CCC4=CC(=O)CC[C@]4(C)C3[C@@H](O)C[C@]12C. The maximum absolute atomic E-state index is 12.8. The predicted octanol–water partition coefficient (Wildman–Crippen LogP) is 3.19. The lowest BCUT2D eigenvalue weighted by molar-refractivity contribution is -0.151. The fourth-order valence-electron chi connectivity index (χ4n) is 7.40. The zero-order valence-electron chi connectivity index (χ0n) is 16.6. The Morgan fingerprint density at radius 2 is 1.92 bits per heavy atom. The van der Waals surface area contributed by atoms with Crippen LogP contribution in [-0.2, 0) is 9.59 Å². The molecule has 144 valence electrons. The molecule has 0 spiro atoms. The third-order valence-corrected chi connectivity index (χ3v) is 8.63. The van der Waals surface area contributed by atoms with Gasteiger partial charge in [0.25, 0.3) is 0 Å². The van der Waals surface area contributed by atoms with Crippen LogP contribution >= 0.6 is 0 Å². The minimum absolute atomic E-state index is 0.0378. The number of hydrogen-bond donors (Lipinski definition) is 1. The number of nitrogens with zero attached hydrogens (tertiary/aromatic N) is 1. The van der Waals surface area contributed by atoms with Crippen molar-refractivity contribution in [3.63, 3.8) is 0 Å². The van der Waals surface area contributed by atoms with Crippen molar-refractivity contribution < 1.29 is 14.7 Å². The zero-order chi connectivity index (χ0) is 18.9. The first-order chi connectivity index (χ1) is 12.2. The van der Waals surface area contributed by atoms with E-state index >= 15 is 0 Å². The number of fused-ring (bicyclic) bond motifs is 5. The first-order valence-corrected chi connectivity index (χ1v) is 10.3. The van der Waals surface area contributed by atoms with Gasteiger partial charge in [-0.2, -0.15) is 0 Å². The second kappa shape index (κ2) is 5.92. The second-order valence-electron chi connectivity index (χ2n) is 10.0. The van der Waals surface area contributed by atoms with E-state index in [-0.39, 0.29) is 40.5 Å². The highest BCUT2D eigenvalue weighted by molar-refractivity contribution is 5.91. The second-order valence-corrected chi connectivity index (χ2v) is 10.0. The van der Waals surface area contributed by atoms with Crippen LogP contribution in [0.4, 0.5) is 0 Å². The van der Waals surface area contributed by atoms with E-state index in [9.17, 15) is 14.7 Å². The molecule has 0 aromatic carbocycles. The standard InChI is InChI=1S/C22H33NO3/c1-21-10-9-14(24)11-13(21)5-6-15-16-7-8-17(20(26)23(3)4)22(16,2)12-18(25)19(15)21/h11,15-19,25H,5-10,12H2,1-4H3/t15?,16?,17?,18-,19?,21-,22-/m0/s1. The minimum Gasteiger partial charge on any atom is -0.393 e. The molecule has 4 rings (SSSR count). The summed E-state index contributed by atoms with van der Waals surface area (Å²) in [6.07, 6.45) is 7.80. The molecule has 0 saturated heterocycles. The summed E-state index contributed by atoms with van der Waals surface area (Å²) in [5.41, 5.74) is 1.14. The van der Waals surface area contributed by atoms with Gasteiger partial charge in [-0.25, -0.2) is 0 Å². The first-order valence-electron chi connectivity index (χ1n) is 10.3. The lowest BCUT2D eigenvalue weighted by Gasteiger charge is -2.59. The summed E-state index contributed by atoms with van der Waals surface area (Å²) >= 11 is 0. The van der Waals surface area contributed by atoms with Gasteiger partial charge in [-0.05, 0) is 73.2 Å². The van der Waals surface area contributed by atoms with E-state index < -0.39 is 0 Å². The number of amides is 1. The normalized spacial score (nSPS) is 47.5. The molecule has 4 aliphatic carbocycles. The van der Waals surface area contributed by atoms with E-state index in [2.05, 4.69) is 13.8 Å². The van der Waals surface area contributed by atoms with Crippen LogP contribution in [0.2, 0.25) is 0 Å². The third kappa shape index (κ3) is 2.37. The summed E-state index contributed by atoms with van der Waals surface area (Å²) in [6.45, 7) is 4.54. The van der Waals surface area contributed by atoms with E-state index in [0.717, 1.165) is 38.5 Å². The summed E-state index contributed by atoms with van der Waals surface area (Å²) < 4.78 is 0. The van der Waals surface area contributed by atoms with Crippen molar-refractivity contribution in [3.05, 3.63) is 11.6 Å². The van der Waals surface area contributed by atoms with Gasteiger partial charge in [-0.15, -0.1) is 0 Å². The molecule has 0 heterocycles. The Kier molecular flexibility index (Phi) is 4.15. The maximum Gasteiger partial charge on any atom is 0.225 e. The van der Waals surface area contributed by atoms with Crippen LogP contribution in [0.5, 0.6) is 0 Å². The lowest BCUT2D eigenvalue weighted by atomic mass is 9.46. The monoisotopic (exact) mass is 359 g/mol. The topological polar surface area (TPSA) is 57.6 Å². The largest absolute Gasteiger partial charge is 0.393 e. The molecular formula is C22H33NO3. The molecule has 4 nitrogen and oxygen atoms in total. The van der Waals surface area contributed by atoms with Gasteiger partial charge in [0.1, 0.15) is 0 Å². The van der Waals surface area contributed by atoms with Crippen LogP contribution in [0.25, 0.3) is 0 Å². The molecule has 0 aromatic rings. The molecule has 7 atom stereocenters. The van der Waals surface area contributed by atoms with Crippen LogP contribution in [0, 0.1) is 34.5 Å². The molecule has 26 heavy (non-hydrogen) atoms. The highest BCUT2D eigenvalue weighted by Crippen LogP contribution is 2.66. The molecule has 3 saturated carbocycles. The molecule has 4 unspecified atom stereocenters. The number of rotatable bonds is 1. The molecule has 0 aliphatic heterocycles. The van der Waals surface area contributed by atoms with Gasteiger partial charge in [0, 0.05) is 26.4 Å². The fraction of sp³-hybridized carbons (Fsp3) is 0.818. The summed E-state index contributed by atoms with van der Waals surface area (Å²) in [4.78, 5) is 26.5. The number of aliphatic hydroxyl groups excluding tert-OH is 1. The summed E-state index contributed by atoms with van der Waals surface area (Å²) in [7, 11) is 3.69. The van der Waals surface area contributed by atoms with E-state index in [1.54, 1.807) is 4.90 Å². The van der Waals surface area contributed by atoms with Gasteiger partial charge in [-0.1, -0.05) is 19.4 Å². The maximum atomic E-state index is 12.8. The molecule has 1 N–H and O–H groups in total. The Morgan fingerprint density at radius 1 is 1.19 bits per heavy atom. The molecule has 1 amide bonds. The Hall–Kier alpha value is -1.16. The Labute approximate surface area is 157 Å². The van der Waals surface area contributed by atoms with Crippen molar-refractivity contribution >= 4 is 11.7 Å². The van der Waals surface area contributed by atoms with Crippen LogP contribution < -0.4 is 0 Å². The molecule has 3 fully saturated rings. The van der Waals surface area contributed by atoms with Gasteiger partial charge < -0.3 is 10.0 Å². The number of allylic oxidation sites excluding steroid dienone is 1. The van der Waals surface area contributed by atoms with Gasteiger partial charge in [0.05, 0.1) is 6.10 Å². The number of carbonyl (C=O) groups excluding carboxylic acids is 2. The number of hydrogen-bond acceptors (Lipinski definition) is 3. The van der Waals surface area contributed by atoms with Crippen molar-refractivity contribution in [1.82, 2.24) is 4.90 Å². The molecule has 0 radical (unpaired) electrons. The van der Waals surface area contributed by atoms with Crippen molar-refractivity contribution in [2.24, 2.45) is 34.5 Å². The predicted molar refractivity (Wildman–Crippen MR) is 100 cm³/mol. The molecule has 4 heteroatoms. The van der Waals surface area contributed by atoms with Crippen molar-refractivity contribution in [3.8, 4) is 0 Å². The van der Waals surface area contributed by atoms with E-state index in [4.69, 9.17) is 0 Å². The van der Waals surface area contributed by atoms with Gasteiger partial charge in [-0.3, -0.25) is 9.59 Å². The fourth-order valence-corrected chi connectivity index (χ4v) is 7.40. The Balaban J connectivity index is 1.69. The Morgan fingerprint density at radius 3 is 2.62 bits per heavy atom. The van der Waals surface area contributed by atoms with Crippen molar-refractivity contribution in [2.45, 2.75) is 64.9 Å². The lowest BCUT2D eigenvalue weighted by Crippen LogP contribution is -2.57. The average Bonchev–Trinajstić information content (AvgIpc) is 2.90. The average molecular weight is 360 g/mol. The summed E-state index contributed by atoms with van der Waals surface area (Å²) in [6, 6.07) is 0. The van der Waals surface area contributed by atoms with E-state index in [1.165, 1.54) is 5.57 Å². The summed E-state index contributed by atoms with van der Waals surface area (Å²) in [5.74, 6) is 1.74. The van der Waals surface area contributed by atoms with Crippen LogP contribution in [0.1, 0.15) is 58.8 Å². The van der Waals surface area contributed by atoms with Gasteiger partial charge >= 0.3 is 0 Å². The van der Waals surface area contributed by atoms with E-state index in [0.29, 0.717) is 18.3 Å². The Bertz CT molecular complexity index is 668. The number of aliphatic hydroxyl groups is 1. The minimum atomic E-state index is -0.376. The quantitative estimate of drug-likeness (QED) is 0.782. The highest BCUT2D eigenvalue weighted by Gasteiger charge is 2.63. The molecule has 4 aliphatic rings. The molecule has 0 bridgehead atoms. The van der Waals surface area contributed by atoms with Crippen LogP contribution in [0.15, 0.2) is 11.6 Å². The van der Waals surface area contributed by atoms with E-state index in [1.807, 2.05) is 20.2 Å². The van der Waals surface area contributed by atoms with Gasteiger partial charge in [0.2, 0.25) is 5.91 Å². The van der Waals surface area contributed by atoms with Gasteiger partial charge in [0.15, 0.2) is 5.78 Å². The number of ketones is 1. The number of carbonyl (C=O) groups is 2. The first kappa shape index (κ1) is 18.2. The summed E-state index contributed by atoms with van der Waals surface area (Å²) in [5, 5.41) is 11.3. The highest BCUT2D eigenvalue weighted by atomic mass is 16.3. The third-order valence-electron chi connectivity index (χ3n) is 8.63. The molecule has 0 aromatic heterocycles. The zero-order valence-corrected chi connectivity index (χ0v) is 16.6. The smallest absolute Gasteiger partial charge is 0.225 e.